The molecule has 19 heavy (non-hydrogen) atoms. The normalized spacial score (nSPS) is 20.8. The van der Waals surface area contributed by atoms with E-state index in [-0.39, 0.29) is 18.5 Å². The molecular formula is C15H23FN2O. The van der Waals surface area contributed by atoms with Crippen LogP contribution in [0.25, 0.3) is 0 Å². The average Bonchev–Trinajstić information content (AvgIpc) is 2.84. The summed E-state index contributed by atoms with van der Waals surface area (Å²) in [6, 6.07) is 5.15. The Kier molecular flexibility index (Phi) is 4.77. The van der Waals surface area contributed by atoms with Crippen molar-refractivity contribution >= 4 is 5.69 Å². The van der Waals surface area contributed by atoms with Crippen molar-refractivity contribution in [2.75, 3.05) is 18.1 Å². The van der Waals surface area contributed by atoms with Gasteiger partial charge >= 0.3 is 0 Å². The Labute approximate surface area is 114 Å². The standard InChI is InChI=1S/C15H23FN2O/c1-11(17)14-10-12(16)6-7-15(14)18-8-2-4-13(18)5-3-9-19/h6-7,10-11,13,19H,2-5,8-9,17H2,1H3. The van der Waals surface area contributed by atoms with Crippen LogP contribution in [-0.4, -0.2) is 24.3 Å². The van der Waals surface area contributed by atoms with Crippen LogP contribution in [-0.2, 0) is 0 Å². The molecule has 0 amide bonds. The van der Waals surface area contributed by atoms with Gasteiger partial charge in [-0.2, -0.15) is 0 Å². The first kappa shape index (κ1) is 14.3. The summed E-state index contributed by atoms with van der Waals surface area (Å²) in [6.45, 7) is 3.10. The number of aliphatic hydroxyl groups is 1. The van der Waals surface area contributed by atoms with E-state index in [0.717, 1.165) is 43.5 Å². The van der Waals surface area contributed by atoms with E-state index in [1.54, 1.807) is 6.07 Å². The molecule has 1 heterocycles. The van der Waals surface area contributed by atoms with Crippen LogP contribution in [0.4, 0.5) is 10.1 Å². The van der Waals surface area contributed by atoms with Gasteiger partial charge < -0.3 is 15.7 Å². The summed E-state index contributed by atoms with van der Waals surface area (Å²) >= 11 is 0. The van der Waals surface area contributed by atoms with E-state index in [9.17, 15) is 4.39 Å². The van der Waals surface area contributed by atoms with Gasteiger partial charge in [-0.1, -0.05) is 0 Å². The highest BCUT2D eigenvalue weighted by Gasteiger charge is 2.26. The summed E-state index contributed by atoms with van der Waals surface area (Å²) in [7, 11) is 0. The number of aliphatic hydroxyl groups excluding tert-OH is 1. The first-order valence-electron chi connectivity index (χ1n) is 7.06. The zero-order valence-corrected chi connectivity index (χ0v) is 11.5. The minimum atomic E-state index is -0.234. The van der Waals surface area contributed by atoms with Gasteiger partial charge in [0.25, 0.3) is 0 Å². The van der Waals surface area contributed by atoms with Crippen molar-refractivity contribution in [3.63, 3.8) is 0 Å². The van der Waals surface area contributed by atoms with E-state index in [4.69, 9.17) is 10.8 Å². The topological polar surface area (TPSA) is 49.5 Å². The average molecular weight is 266 g/mol. The molecule has 2 atom stereocenters. The van der Waals surface area contributed by atoms with Gasteiger partial charge in [-0.05, 0) is 56.4 Å². The molecule has 1 aromatic rings. The van der Waals surface area contributed by atoms with Gasteiger partial charge in [0.1, 0.15) is 5.82 Å². The fourth-order valence-electron chi connectivity index (χ4n) is 2.93. The molecule has 1 aliphatic rings. The highest BCUT2D eigenvalue weighted by Crippen LogP contribution is 2.33. The highest BCUT2D eigenvalue weighted by atomic mass is 19.1. The van der Waals surface area contributed by atoms with E-state index in [1.165, 1.54) is 6.07 Å². The van der Waals surface area contributed by atoms with Crippen molar-refractivity contribution in [1.29, 1.82) is 0 Å². The molecule has 0 saturated carbocycles. The van der Waals surface area contributed by atoms with Crippen LogP contribution in [0, 0.1) is 5.82 Å². The van der Waals surface area contributed by atoms with Gasteiger partial charge in [0.2, 0.25) is 0 Å². The second-order valence-corrected chi connectivity index (χ2v) is 5.35. The van der Waals surface area contributed by atoms with E-state index in [2.05, 4.69) is 4.90 Å². The second-order valence-electron chi connectivity index (χ2n) is 5.35. The minimum Gasteiger partial charge on any atom is -0.396 e. The van der Waals surface area contributed by atoms with Gasteiger partial charge in [0, 0.05) is 30.9 Å². The smallest absolute Gasteiger partial charge is 0.123 e. The predicted molar refractivity (Wildman–Crippen MR) is 75.7 cm³/mol. The Morgan fingerprint density at radius 2 is 2.32 bits per heavy atom. The molecule has 2 unspecified atom stereocenters. The monoisotopic (exact) mass is 266 g/mol. The molecule has 4 heteroatoms. The molecule has 1 saturated heterocycles. The maximum absolute atomic E-state index is 13.4. The second kappa shape index (κ2) is 6.35. The zero-order valence-electron chi connectivity index (χ0n) is 11.5. The molecule has 0 aliphatic carbocycles. The van der Waals surface area contributed by atoms with Crippen LogP contribution in [0.5, 0.6) is 0 Å². The molecule has 106 valence electrons. The van der Waals surface area contributed by atoms with Gasteiger partial charge in [0.05, 0.1) is 0 Å². The third kappa shape index (κ3) is 3.25. The SMILES string of the molecule is CC(N)c1cc(F)ccc1N1CCCC1CCCO. The van der Waals surface area contributed by atoms with Crippen molar-refractivity contribution < 1.29 is 9.50 Å². The molecule has 1 fully saturated rings. The Morgan fingerprint density at radius 1 is 1.53 bits per heavy atom. The summed E-state index contributed by atoms with van der Waals surface area (Å²) in [5, 5.41) is 8.97. The molecule has 3 N–H and O–H groups in total. The lowest BCUT2D eigenvalue weighted by atomic mass is 10.0. The Bertz CT molecular complexity index is 423. The summed E-state index contributed by atoms with van der Waals surface area (Å²) in [5.74, 6) is -0.234. The summed E-state index contributed by atoms with van der Waals surface area (Å²) < 4.78 is 13.4. The van der Waals surface area contributed by atoms with Crippen molar-refractivity contribution in [1.82, 2.24) is 0 Å². The van der Waals surface area contributed by atoms with Crippen molar-refractivity contribution in [2.24, 2.45) is 5.73 Å². The fourth-order valence-corrected chi connectivity index (χ4v) is 2.93. The number of benzene rings is 1. The van der Waals surface area contributed by atoms with Gasteiger partial charge in [-0.15, -0.1) is 0 Å². The first-order chi connectivity index (χ1) is 9.13. The summed E-state index contributed by atoms with van der Waals surface area (Å²) in [5.41, 5.74) is 7.89. The van der Waals surface area contributed by atoms with Crippen LogP contribution in [0.15, 0.2) is 18.2 Å². The largest absolute Gasteiger partial charge is 0.396 e. The van der Waals surface area contributed by atoms with Crippen molar-refractivity contribution in [2.45, 2.75) is 44.7 Å². The van der Waals surface area contributed by atoms with Crippen LogP contribution in [0.1, 0.15) is 44.2 Å². The van der Waals surface area contributed by atoms with E-state index in [1.807, 2.05) is 13.0 Å². The maximum atomic E-state index is 13.4. The van der Waals surface area contributed by atoms with Crippen molar-refractivity contribution in [3.8, 4) is 0 Å². The Hall–Kier alpha value is -1.13. The van der Waals surface area contributed by atoms with Crippen LogP contribution in [0.2, 0.25) is 0 Å². The lowest BCUT2D eigenvalue weighted by molar-refractivity contribution is 0.279. The van der Waals surface area contributed by atoms with Crippen molar-refractivity contribution in [3.05, 3.63) is 29.6 Å². The molecule has 2 rings (SSSR count). The lowest BCUT2D eigenvalue weighted by Crippen LogP contribution is -2.31. The molecule has 0 radical (unpaired) electrons. The number of anilines is 1. The maximum Gasteiger partial charge on any atom is 0.123 e. The third-order valence-electron chi connectivity index (χ3n) is 3.86. The van der Waals surface area contributed by atoms with E-state index >= 15 is 0 Å². The Balaban J connectivity index is 2.24. The van der Waals surface area contributed by atoms with E-state index in [0.29, 0.717) is 6.04 Å². The number of halogens is 1. The molecule has 0 spiro atoms. The molecule has 3 nitrogen and oxygen atoms in total. The lowest BCUT2D eigenvalue weighted by Gasteiger charge is -2.30. The van der Waals surface area contributed by atoms with Gasteiger partial charge in [0.15, 0.2) is 0 Å². The highest BCUT2D eigenvalue weighted by molar-refractivity contribution is 5.56. The van der Waals surface area contributed by atoms with E-state index < -0.39 is 0 Å². The number of hydrogen-bond donors (Lipinski definition) is 2. The number of hydrogen-bond acceptors (Lipinski definition) is 3. The van der Waals surface area contributed by atoms with Gasteiger partial charge in [-0.25, -0.2) is 4.39 Å². The Morgan fingerprint density at radius 3 is 3.00 bits per heavy atom. The molecule has 0 bridgehead atoms. The van der Waals surface area contributed by atoms with Gasteiger partial charge in [-0.3, -0.25) is 0 Å². The fraction of sp³-hybridized carbons (Fsp3) is 0.600. The van der Waals surface area contributed by atoms with Crippen LogP contribution >= 0.6 is 0 Å². The van der Waals surface area contributed by atoms with Crippen LogP contribution < -0.4 is 10.6 Å². The minimum absolute atomic E-state index is 0.176. The molecule has 1 aromatic carbocycles. The number of rotatable bonds is 5. The zero-order chi connectivity index (χ0) is 13.8. The quantitative estimate of drug-likeness (QED) is 0.861. The predicted octanol–water partition coefficient (Wildman–Crippen LogP) is 2.59. The number of nitrogens with zero attached hydrogens (tertiary/aromatic N) is 1. The van der Waals surface area contributed by atoms with Crippen LogP contribution in [0.3, 0.4) is 0 Å². The first-order valence-corrected chi connectivity index (χ1v) is 7.06. The number of nitrogens with two attached hydrogens (primary N) is 1. The summed E-state index contributed by atoms with van der Waals surface area (Å²) in [6.07, 6.45) is 4.07. The molecular weight excluding hydrogens is 243 g/mol. The molecule has 0 aromatic heterocycles. The molecule has 1 aliphatic heterocycles. The third-order valence-corrected chi connectivity index (χ3v) is 3.86. The summed E-state index contributed by atoms with van der Waals surface area (Å²) in [4.78, 5) is 2.33.